The number of rotatable bonds is 2. The van der Waals surface area contributed by atoms with E-state index in [9.17, 15) is 0 Å². The fraction of sp³-hybridized carbons (Fsp3) is 1.00. The van der Waals surface area contributed by atoms with E-state index >= 15 is 0 Å². The van der Waals surface area contributed by atoms with E-state index in [0.717, 1.165) is 12.0 Å². The highest BCUT2D eigenvalue weighted by atomic mass is 15.2. The maximum atomic E-state index is 3.52. The van der Waals surface area contributed by atoms with E-state index in [-0.39, 0.29) is 0 Å². The van der Waals surface area contributed by atoms with Crippen LogP contribution in [0.1, 0.15) is 27.2 Å². The summed E-state index contributed by atoms with van der Waals surface area (Å²) in [5.41, 5.74) is 0.573. The zero-order valence-corrected chi connectivity index (χ0v) is 9.14. The molecule has 0 aromatic carbocycles. The van der Waals surface area contributed by atoms with Gasteiger partial charge in [0.05, 0.1) is 0 Å². The summed E-state index contributed by atoms with van der Waals surface area (Å²) in [6.07, 6.45) is 1.29. The van der Waals surface area contributed by atoms with E-state index in [1.807, 2.05) is 0 Å². The third-order valence-corrected chi connectivity index (χ3v) is 4.14. The molecule has 1 N–H and O–H groups in total. The molecular formula is C11H22N2. The van der Waals surface area contributed by atoms with Crippen LogP contribution in [0.5, 0.6) is 0 Å². The van der Waals surface area contributed by atoms with E-state index in [4.69, 9.17) is 0 Å². The third kappa shape index (κ3) is 1.50. The lowest BCUT2D eigenvalue weighted by Gasteiger charge is -2.26. The minimum absolute atomic E-state index is 0.573. The van der Waals surface area contributed by atoms with Crippen LogP contribution in [-0.2, 0) is 0 Å². The third-order valence-electron chi connectivity index (χ3n) is 4.14. The van der Waals surface area contributed by atoms with Gasteiger partial charge in [-0.05, 0) is 31.2 Å². The minimum atomic E-state index is 0.573. The molecule has 0 amide bonds. The molecule has 2 rings (SSSR count). The van der Waals surface area contributed by atoms with Gasteiger partial charge in [0, 0.05) is 25.7 Å². The lowest BCUT2D eigenvalue weighted by molar-refractivity contribution is 0.218. The first-order valence-corrected chi connectivity index (χ1v) is 5.60. The van der Waals surface area contributed by atoms with Gasteiger partial charge in [-0.1, -0.05) is 13.8 Å². The van der Waals surface area contributed by atoms with Crippen LogP contribution in [0.25, 0.3) is 0 Å². The molecule has 0 aromatic rings. The number of hydrogen-bond donors (Lipinski definition) is 1. The molecule has 0 bridgehead atoms. The molecule has 0 radical (unpaired) electrons. The molecule has 0 saturated carbocycles. The molecule has 2 heterocycles. The predicted molar refractivity (Wildman–Crippen MR) is 55.8 cm³/mol. The number of fused-ring (bicyclic) bond motifs is 1. The quantitative estimate of drug-likeness (QED) is 0.693. The molecule has 2 aliphatic heterocycles. The van der Waals surface area contributed by atoms with Gasteiger partial charge in [-0.25, -0.2) is 0 Å². The minimum Gasteiger partial charge on any atom is -0.316 e. The Balaban J connectivity index is 2.01. The zero-order chi connectivity index (χ0) is 9.47. The van der Waals surface area contributed by atoms with Crippen molar-refractivity contribution in [2.45, 2.75) is 33.2 Å². The van der Waals surface area contributed by atoms with Crippen molar-refractivity contribution in [1.29, 1.82) is 0 Å². The van der Waals surface area contributed by atoms with Crippen molar-refractivity contribution in [2.75, 3.05) is 26.2 Å². The van der Waals surface area contributed by atoms with Crippen LogP contribution in [0.2, 0.25) is 0 Å². The van der Waals surface area contributed by atoms with E-state index in [1.165, 1.54) is 32.6 Å². The first-order chi connectivity index (χ1) is 6.15. The van der Waals surface area contributed by atoms with Crippen LogP contribution in [0, 0.1) is 11.3 Å². The van der Waals surface area contributed by atoms with Crippen LogP contribution in [0.3, 0.4) is 0 Å². The summed E-state index contributed by atoms with van der Waals surface area (Å²) in [5, 5.41) is 3.52. The molecule has 76 valence electrons. The highest BCUT2D eigenvalue weighted by Crippen LogP contribution is 2.39. The highest BCUT2D eigenvalue weighted by molar-refractivity contribution is 5.01. The van der Waals surface area contributed by atoms with Gasteiger partial charge in [-0.3, -0.25) is 4.90 Å². The molecule has 0 spiro atoms. The second-order valence-corrected chi connectivity index (χ2v) is 5.17. The van der Waals surface area contributed by atoms with E-state index in [0.29, 0.717) is 5.41 Å². The molecule has 2 fully saturated rings. The lowest BCUT2D eigenvalue weighted by Crippen LogP contribution is -2.35. The summed E-state index contributed by atoms with van der Waals surface area (Å²) in [6.45, 7) is 12.2. The molecule has 2 heteroatoms. The maximum Gasteiger partial charge on any atom is 0.00646 e. The van der Waals surface area contributed by atoms with Gasteiger partial charge in [-0.15, -0.1) is 0 Å². The molecule has 0 unspecified atom stereocenters. The number of nitrogens with one attached hydrogen (secondary N) is 1. The van der Waals surface area contributed by atoms with E-state index in [1.54, 1.807) is 0 Å². The van der Waals surface area contributed by atoms with E-state index in [2.05, 4.69) is 31.0 Å². The normalized spacial score (nSPS) is 42.2. The topological polar surface area (TPSA) is 15.3 Å². The van der Waals surface area contributed by atoms with Gasteiger partial charge in [0.15, 0.2) is 0 Å². The number of hydrogen-bond acceptors (Lipinski definition) is 2. The van der Waals surface area contributed by atoms with Crippen molar-refractivity contribution >= 4 is 0 Å². The van der Waals surface area contributed by atoms with Crippen molar-refractivity contribution in [3.05, 3.63) is 0 Å². The van der Waals surface area contributed by atoms with Crippen molar-refractivity contribution in [3.63, 3.8) is 0 Å². The van der Waals surface area contributed by atoms with Gasteiger partial charge >= 0.3 is 0 Å². The Kier molecular flexibility index (Phi) is 2.37. The Hall–Kier alpha value is -0.0800. The predicted octanol–water partition coefficient (Wildman–Crippen LogP) is 1.33. The van der Waals surface area contributed by atoms with Crippen molar-refractivity contribution in [2.24, 2.45) is 11.3 Å². The Morgan fingerprint density at radius 2 is 2.38 bits per heavy atom. The monoisotopic (exact) mass is 182 g/mol. The summed E-state index contributed by atoms with van der Waals surface area (Å²) in [4.78, 5) is 2.67. The van der Waals surface area contributed by atoms with Crippen molar-refractivity contribution in [1.82, 2.24) is 10.2 Å². The second-order valence-electron chi connectivity index (χ2n) is 5.17. The van der Waals surface area contributed by atoms with Crippen molar-refractivity contribution in [3.8, 4) is 0 Å². The summed E-state index contributed by atoms with van der Waals surface area (Å²) in [6, 6.07) is 0.780. The molecule has 2 saturated heterocycles. The molecule has 2 nitrogen and oxygen atoms in total. The Morgan fingerprint density at radius 3 is 3.00 bits per heavy atom. The molecule has 0 aromatic heterocycles. The fourth-order valence-electron chi connectivity index (χ4n) is 2.80. The van der Waals surface area contributed by atoms with Crippen LogP contribution in [-0.4, -0.2) is 37.1 Å². The molecule has 3 atom stereocenters. The fourth-order valence-corrected chi connectivity index (χ4v) is 2.80. The first-order valence-electron chi connectivity index (χ1n) is 5.60. The van der Waals surface area contributed by atoms with E-state index < -0.39 is 0 Å². The maximum absolute atomic E-state index is 3.52. The lowest BCUT2D eigenvalue weighted by atomic mass is 9.83. The van der Waals surface area contributed by atoms with Crippen LogP contribution in [0.15, 0.2) is 0 Å². The SMILES string of the molecule is CC[C@H](C)N1C[C@@H]2CNC[C@@]2(C)C1. The van der Waals surface area contributed by atoms with Crippen LogP contribution < -0.4 is 5.32 Å². The van der Waals surface area contributed by atoms with Gasteiger partial charge < -0.3 is 5.32 Å². The van der Waals surface area contributed by atoms with Crippen LogP contribution >= 0.6 is 0 Å². The van der Waals surface area contributed by atoms with Crippen LogP contribution in [0.4, 0.5) is 0 Å². The number of nitrogens with zero attached hydrogens (tertiary/aromatic N) is 1. The molecular weight excluding hydrogens is 160 g/mol. The molecule has 13 heavy (non-hydrogen) atoms. The smallest absolute Gasteiger partial charge is 0.00646 e. The Bertz CT molecular complexity index is 193. The Labute approximate surface area is 81.7 Å². The Morgan fingerprint density at radius 1 is 1.62 bits per heavy atom. The largest absolute Gasteiger partial charge is 0.316 e. The number of likely N-dealkylation sites (tertiary alicyclic amines) is 1. The molecule has 0 aliphatic carbocycles. The molecule has 2 aliphatic rings. The van der Waals surface area contributed by atoms with Gasteiger partial charge in [0.2, 0.25) is 0 Å². The second kappa shape index (κ2) is 3.25. The summed E-state index contributed by atoms with van der Waals surface area (Å²) in [5.74, 6) is 0.904. The highest BCUT2D eigenvalue weighted by Gasteiger charge is 2.46. The van der Waals surface area contributed by atoms with Gasteiger partial charge in [0.1, 0.15) is 0 Å². The first kappa shape index (κ1) is 9.47. The summed E-state index contributed by atoms with van der Waals surface area (Å²) < 4.78 is 0. The standard InChI is InChI=1S/C11H22N2/c1-4-9(2)13-6-10-5-12-7-11(10,3)8-13/h9-10,12H,4-8H2,1-3H3/t9-,10-,11-/m0/s1. The average Bonchev–Trinajstić information content (AvgIpc) is 2.57. The zero-order valence-electron chi connectivity index (χ0n) is 9.14. The summed E-state index contributed by atoms with van der Waals surface area (Å²) >= 11 is 0. The summed E-state index contributed by atoms with van der Waals surface area (Å²) in [7, 11) is 0. The van der Waals surface area contributed by atoms with Gasteiger partial charge in [-0.2, -0.15) is 0 Å². The van der Waals surface area contributed by atoms with Crippen molar-refractivity contribution < 1.29 is 0 Å². The van der Waals surface area contributed by atoms with Gasteiger partial charge in [0.25, 0.3) is 0 Å². The average molecular weight is 182 g/mol.